The van der Waals surface area contributed by atoms with Gasteiger partial charge in [-0.1, -0.05) is 30.3 Å². The molecule has 0 saturated heterocycles. The number of ether oxygens (including phenoxy) is 1. The van der Waals surface area contributed by atoms with Crippen LogP contribution in [0.15, 0.2) is 30.3 Å². The van der Waals surface area contributed by atoms with Gasteiger partial charge in [-0.25, -0.2) is 10.6 Å². The topological polar surface area (TPSA) is 97.1 Å². The predicted molar refractivity (Wildman–Crippen MR) is 63.5 cm³/mol. The van der Waals surface area contributed by atoms with Gasteiger partial charge in [0.15, 0.2) is 5.88 Å². The molecule has 2 aromatic rings. The SMILES string of the molecule is CCOC(=O)c1c([O-])n(N)n[n+]1Cc1ccccc1. The highest BCUT2D eigenvalue weighted by Crippen LogP contribution is 2.08. The molecule has 7 heteroatoms. The lowest BCUT2D eigenvalue weighted by atomic mass is 10.2. The van der Waals surface area contributed by atoms with E-state index in [4.69, 9.17) is 10.6 Å². The van der Waals surface area contributed by atoms with Crippen molar-refractivity contribution in [2.45, 2.75) is 13.5 Å². The highest BCUT2D eigenvalue weighted by molar-refractivity contribution is 5.87. The number of carbonyl (C=O) groups excluding carboxylic acids is 1. The van der Waals surface area contributed by atoms with E-state index in [2.05, 4.69) is 5.21 Å². The van der Waals surface area contributed by atoms with Crippen molar-refractivity contribution in [3.63, 3.8) is 0 Å². The van der Waals surface area contributed by atoms with Crippen LogP contribution in [0.25, 0.3) is 0 Å². The number of nitrogen functional groups attached to an aromatic ring is 1. The van der Waals surface area contributed by atoms with Crippen LogP contribution in [0, 0.1) is 0 Å². The Bertz CT molecular complexity index is 580. The number of rotatable bonds is 4. The van der Waals surface area contributed by atoms with Crippen molar-refractivity contribution in [1.82, 2.24) is 10.0 Å². The average molecular weight is 262 g/mol. The van der Waals surface area contributed by atoms with Crippen molar-refractivity contribution >= 4 is 5.97 Å². The summed E-state index contributed by atoms with van der Waals surface area (Å²) in [6.45, 7) is 2.12. The standard InChI is InChI=1S/C12H14N4O3/c1-2-19-12(18)10-11(17)16(13)14-15(10)8-9-6-4-3-5-7-9/h3-7H,2,8H2,1H3,(H2-,13,14,17,18). The molecule has 0 radical (unpaired) electrons. The molecular weight excluding hydrogens is 248 g/mol. The van der Waals surface area contributed by atoms with Crippen molar-refractivity contribution < 1.29 is 19.3 Å². The van der Waals surface area contributed by atoms with Gasteiger partial charge < -0.3 is 9.84 Å². The van der Waals surface area contributed by atoms with Crippen molar-refractivity contribution in [3.8, 4) is 5.88 Å². The lowest BCUT2D eigenvalue weighted by molar-refractivity contribution is -0.749. The molecule has 2 N–H and O–H groups in total. The first-order valence-electron chi connectivity index (χ1n) is 5.79. The number of hydrogen-bond acceptors (Lipinski definition) is 5. The van der Waals surface area contributed by atoms with Crippen molar-refractivity contribution in [3.05, 3.63) is 41.6 Å². The summed E-state index contributed by atoms with van der Waals surface area (Å²) in [6, 6.07) is 9.32. The molecule has 0 spiro atoms. The molecule has 1 aromatic carbocycles. The Morgan fingerprint density at radius 3 is 2.79 bits per heavy atom. The lowest BCUT2D eigenvalue weighted by Crippen LogP contribution is -2.43. The minimum absolute atomic E-state index is 0.173. The Kier molecular flexibility index (Phi) is 3.65. The normalized spacial score (nSPS) is 10.4. The van der Waals surface area contributed by atoms with Crippen LogP contribution in [0.5, 0.6) is 5.88 Å². The van der Waals surface area contributed by atoms with E-state index in [9.17, 15) is 9.90 Å². The molecule has 0 aliphatic rings. The molecule has 0 aliphatic heterocycles. The Labute approximate surface area is 109 Å². The molecule has 7 nitrogen and oxygen atoms in total. The van der Waals surface area contributed by atoms with Gasteiger partial charge in [-0.05, 0) is 17.3 Å². The fourth-order valence-corrected chi connectivity index (χ4v) is 1.68. The van der Waals surface area contributed by atoms with E-state index in [1.54, 1.807) is 6.92 Å². The second-order valence-electron chi connectivity index (χ2n) is 3.85. The van der Waals surface area contributed by atoms with Crippen LogP contribution in [0.3, 0.4) is 0 Å². The van der Waals surface area contributed by atoms with Crippen LogP contribution in [0.4, 0.5) is 0 Å². The second kappa shape index (κ2) is 5.38. The number of nitrogens with zero attached hydrogens (tertiary/aromatic N) is 3. The molecule has 100 valence electrons. The zero-order valence-corrected chi connectivity index (χ0v) is 10.4. The number of esters is 1. The maximum absolute atomic E-state index is 11.7. The first kappa shape index (κ1) is 12.9. The van der Waals surface area contributed by atoms with Gasteiger partial charge in [0, 0.05) is 0 Å². The van der Waals surface area contributed by atoms with E-state index in [0.29, 0.717) is 4.79 Å². The van der Waals surface area contributed by atoms with Gasteiger partial charge in [0.1, 0.15) is 11.8 Å². The number of hydrogen-bond donors (Lipinski definition) is 1. The van der Waals surface area contributed by atoms with Crippen LogP contribution in [-0.4, -0.2) is 22.6 Å². The molecule has 19 heavy (non-hydrogen) atoms. The van der Waals surface area contributed by atoms with E-state index in [-0.39, 0.29) is 18.8 Å². The first-order chi connectivity index (χ1) is 9.13. The smallest absolute Gasteiger partial charge is 0.383 e. The Balaban J connectivity index is 2.35. The molecule has 0 unspecified atom stereocenters. The molecule has 1 heterocycles. The second-order valence-corrected chi connectivity index (χ2v) is 3.85. The maximum atomic E-state index is 11.7. The quantitative estimate of drug-likeness (QED) is 0.441. The largest absolute Gasteiger partial charge is 0.836 e. The third kappa shape index (κ3) is 2.65. The summed E-state index contributed by atoms with van der Waals surface area (Å²) in [5.41, 5.74) is 0.726. The van der Waals surface area contributed by atoms with Gasteiger partial charge in [0.25, 0.3) is 5.69 Å². The summed E-state index contributed by atoms with van der Waals surface area (Å²) in [7, 11) is 0. The third-order valence-electron chi connectivity index (χ3n) is 2.52. The predicted octanol–water partition coefficient (Wildman–Crippen LogP) is -0.817. The monoisotopic (exact) mass is 262 g/mol. The molecule has 0 amide bonds. The van der Waals surface area contributed by atoms with E-state index in [1.807, 2.05) is 30.3 Å². The van der Waals surface area contributed by atoms with Gasteiger partial charge in [0.05, 0.1) is 6.61 Å². The minimum atomic E-state index is -0.722. The van der Waals surface area contributed by atoms with E-state index in [1.165, 1.54) is 4.68 Å². The highest BCUT2D eigenvalue weighted by atomic mass is 16.5. The van der Waals surface area contributed by atoms with Crippen LogP contribution in [0.2, 0.25) is 0 Å². The van der Waals surface area contributed by atoms with Gasteiger partial charge in [-0.15, -0.1) is 4.68 Å². The molecule has 0 atom stereocenters. The first-order valence-corrected chi connectivity index (χ1v) is 5.79. The highest BCUT2D eigenvalue weighted by Gasteiger charge is 2.26. The van der Waals surface area contributed by atoms with E-state index < -0.39 is 11.8 Å². The minimum Gasteiger partial charge on any atom is -0.836 e. The van der Waals surface area contributed by atoms with Gasteiger partial charge >= 0.3 is 5.97 Å². The van der Waals surface area contributed by atoms with Crippen LogP contribution in [-0.2, 0) is 11.3 Å². The summed E-state index contributed by atoms with van der Waals surface area (Å²) in [6.07, 6.45) is 0. The number of nitrogens with two attached hydrogens (primary N) is 1. The van der Waals surface area contributed by atoms with Crippen LogP contribution in [0.1, 0.15) is 23.0 Å². The zero-order valence-electron chi connectivity index (χ0n) is 10.4. The number of benzene rings is 1. The van der Waals surface area contributed by atoms with Crippen molar-refractivity contribution in [1.29, 1.82) is 0 Å². The summed E-state index contributed by atoms with van der Waals surface area (Å²) in [5.74, 6) is 4.00. The van der Waals surface area contributed by atoms with E-state index >= 15 is 0 Å². The summed E-state index contributed by atoms with van der Waals surface area (Å²) in [4.78, 5) is 12.4. The van der Waals surface area contributed by atoms with Crippen molar-refractivity contribution in [2.24, 2.45) is 0 Å². The summed E-state index contributed by atoms with van der Waals surface area (Å²) < 4.78 is 6.08. The fourth-order valence-electron chi connectivity index (χ4n) is 1.68. The molecule has 0 aliphatic carbocycles. The average Bonchev–Trinajstić information content (AvgIpc) is 2.66. The molecular formula is C12H14N4O3. The molecule has 0 fully saturated rings. The Morgan fingerprint density at radius 1 is 1.47 bits per heavy atom. The lowest BCUT2D eigenvalue weighted by Gasteiger charge is -2.03. The van der Waals surface area contributed by atoms with E-state index in [0.717, 1.165) is 5.56 Å². The van der Waals surface area contributed by atoms with Crippen LogP contribution >= 0.6 is 0 Å². The van der Waals surface area contributed by atoms with Gasteiger partial charge in [-0.2, -0.15) is 0 Å². The fraction of sp³-hybridized carbons (Fsp3) is 0.250. The molecule has 1 aromatic heterocycles. The van der Waals surface area contributed by atoms with Gasteiger partial charge in [-0.3, -0.25) is 0 Å². The summed E-state index contributed by atoms with van der Waals surface area (Å²) >= 11 is 0. The maximum Gasteiger partial charge on any atom is 0.383 e. The Morgan fingerprint density at radius 2 is 2.16 bits per heavy atom. The molecule has 0 saturated carbocycles. The Hall–Kier alpha value is -2.57. The van der Waals surface area contributed by atoms with Gasteiger partial charge in [0.2, 0.25) is 0 Å². The number of aromatic nitrogens is 3. The molecule has 0 bridgehead atoms. The number of carbonyl (C=O) groups is 1. The van der Waals surface area contributed by atoms with Crippen molar-refractivity contribution in [2.75, 3.05) is 12.4 Å². The zero-order chi connectivity index (χ0) is 13.8. The molecule has 2 rings (SSSR count). The third-order valence-corrected chi connectivity index (χ3v) is 2.52. The summed E-state index contributed by atoms with van der Waals surface area (Å²) in [5, 5.41) is 15.6. The van der Waals surface area contributed by atoms with Crippen LogP contribution < -0.4 is 15.6 Å².